The van der Waals surface area contributed by atoms with Gasteiger partial charge in [0, 0.05) is 38.6 Å². The van der Waals surface area contributed by atoms with Crippen LogP contribution in [-0.2, 0) is 16.1 Å². The van der Waals surface area contributed by atoms with E-state index in [1.165, 1.54) is 4.90 Å². The van der Waals surface area contributed by atoms with Crippen LogP contribution >= 0.6 is 0 Å². The third-order valence-electron chi connectivity index (χ3n) is 6.73. The molecule has 1 aromatic carbocycles. The average molecular weight is 449 g/mol. The summed E-state index contributed by atoms with van der Waals surface area (Å²) in [6.07, 6.45) is 7.10. The van der Waals surface area contributed by atoms with Crippen molar-refractivity contribution in [2.24, 2.45) is 5.92 Å². The van der Waals surface area contributed by atoms with E-state index in [-0.39, 0.29) is 36.3 Å². The standard InChI is InChI=1S/C25H28N4O4/c30-23(27-14-19-5-3-13-33-19)18-4-2-12-28(16-18)21-7-1-6-20-22(21)25(32)29(24(20)31)15-17-8-10-26-11-9-17/h1,6-11,18-19H,2-5,12-16H2,(H,27,30)/t18-,19+/m1/s1. The van der Waals surface area contributed by atoms with Gasteiger partial charge in [-0.05, 0) is 55.5 Å². The quantitative estimate of drug-likeness (QED) is 0.683. The lowest BCUT2D eigenvalue weighted by molar-refractivity contribution is -0.125. The summed E-state index contributed by atoms with van der Waals surface area (Å²) < 4.78 is 5.60. The zero-order valence-corrected chi connectivity index (χ0v) is 18.5. The van der Waals surface area contributed by atoms with Gasteiger partial charge in [-0.2, -0.15) is 0 Å². The molecule has 3 aliphatic heterocycles. The molecular weight excluding hydrogens is 420 g/mol. The third-order valence-corrected chi connectivity index (χ3v) is 6.73. The SMILES string of the molecule is O=C(NC[C@@H]1CCCO1)[C@@H]1CCCN(c2cccc3c2C(=O)N(Cc2ccncc2)C3=O)C1. The molecule has 3 aliphatic rings. The average Bonchev–Trinajstić information content (AvgIpc) is 3.46. The monoisotopic (exact) mass is 448 g/mol. The van der Waals surface area contributed by atoms with Crippen molar-refractivity contribution in [1.29, 1.82) is 0 Å². The van der Waals surface area contributed by atoms with Crippen molar-refractivity contribution < 1.29 is 19.1 Å². The van der Waals surface area contributed by atoms with Crippen molar-refractivity contribution in [1.82, 2.24) is 15.2 Å². The first kappa shape index (κ1) is 21.6. The largest absolute Gasteiger partial charge is 0.376 e. The Balaban J connectivity index is 1.31. The minimum atomic E-state index is -0.285. The number of carbonyl (C=O) groups excluding carboxylic acids is 3. The summed E-state index contributed by atoms with van der Waals surface area (Å²) in [6.45, 7) is 2.80. The molecule has 5 rings (SSSR count). The van der Waals surface area contributed by atoms with E-state index in [1.807, 2.05) is 12.1 Å². The molecule has 8 nitrogen and oxygen atoms in total. The first-order valence-corrected chi connectivity index (χ1v) is 11.6. The zero-order chi connectivity index (χ0) is 22.8. The Bertz CT molecular complexity index is 1050. The van der Waals surface area contributed by atoms with E-state index in [1.54, 1.807) is 30.6 Å². The highest BCUT2D eigenvalue weighted by molar-refractivity contribution is 6.23. The van der Waals surface area contributed by atoms with Crippen molar-refractivity contribution in [2.75, 3.05) is 31.1 Å². The summed E-state index contributed by atoms with van der Waals surface area (Å²) in [5.41, 5.74) is 2.45. The summed E-state index contributed by atoms with van der Waals surface area (Å²) in [5, 5.41) is 3.04. The van der Waals surface area contributed by atoms with Gasteiger partial charge in [-0.15, -0.1) is 0 Å². The van der Waals surface area contributed by atoms with Crippen LogP contribution in [0.25, 0.3) is 0 Å². The molecule has 172 valence electrons. The van der Waals surface area contributed by atoms with Crippen LogP contribution in [0.2, 0.25) is 0 Å². The van der Waals surface area contributed by atoms with Crippen LogP contribution in [0.4, 0.5) is 5.69 Å². The Labute approximate surface area is 192 Å². The Morgan fingerprint density at radius 3 is 2.73 bits per heavy atom. The molecule has 0 spiro atoms. The number of benzene rings is 1. The number of rotatable bonds is 6. The maximum absolute atomic E-state index is 13.3. The highest BCUT2D eigenvalue weighted by atomic mass is 16.5. The second kappa shape index (κ2) is 9.31. The fourth-order valence-corrected chi connectivity index (χ4v) is 4.97. The topological polar surface area (TPSA) is 91.8 Å². The number of amides is 3. The van der Waals surface area contributed by atoms with Gasteiger partial charge in [-0.1, -0.05) is 6.07 Å². The lowest BCUT2D eigenvalue weighted by atomic mass is 9.95. The van der Waals surface area contributed by atoms with Gasteiger partial charge in [0.15, 0.2) is 0 Å². The molecule has 0 bridgehead atoms. The van der Waals surface area contributed by atoms with Gasteiger partial charge in [-0.25, -0.2) is 0 Å². The van der Waals surface area contributed by atoms with E-state index in [2.05, 4.69) is 15.2 Å². The maximum atomic E-state index is 13.3. The van der Waals surface area contributed by atoms with Gasteiger partial charge < -0.3 is 15.0 Å². The molecular formula is C25H28N4O4. The number of nitrogens with one attached hydrogen (secondary N) is 1. The minimum Gasteiger partial charge on any atom is -0.376 e. The second-order valence-corrected chi connectivity index (χ2v) is 8.92. The fraction of sp³-hybridized carbons (Fsp3) is 0.440. The van der Waals surface area contributed by atoms with Gasteiger partial charge >= 0.3 is 0 Å². The molecule has 2 aromatic rings. The van der Waals surface area contributed by atoms with E-state index in [0.29, 0.717) is 24.2 Å². The lowest BCUT2D eigenvalue weighted by Crippen LogP contribution is -2.45. The first-order chi connectivity index (χ1) is 16.1. The number of anilines is 1. The number of imide groups is 1. The minimum absolute atomic E-state index is 0.0319. The molecule has 33 heavy (non-hydrogen) atoms. The van der Waals surface area contributed by atoms with Crippen molar-refractivity contribution in [3.05, 3.63) is 59.4 Å². The van der Waals surface area contributed by atoms with Gasteiger partial charge in [0.2, 0.25) is 5.91 Å². The molecule has 4 heterocycles. The van der Waals surface area contributed by atoms with E-state index in [9.17, 15) is 14.4 Å². The van der Waals surface area contributed by atoms with E-state index in [4.69, 9.17) is 4.74 Å². The van der Waals surface area contributed by atoms with Crippen LogP contribution in [0, 0.1) is 5.92 Å². The molecule has 0 saturated carbocycles. The van der Waals surface area contributed by atoms with Crippen LogP contribution in [0.1, 0.15) is 52.0 Å². The summed E-state index contributed by atoms with van der Waals surface area (Å²) in [7, 11) is 0. The Morgan fingerprint density at radius 2 is 1.94 bits per heavy atom. The van der Waals surface area contributed by atoms with E-state index in [0.717, 1.165) is 50.1 Å². The highest BCUT2D eigenvalue weighted by Gasteiger charge is 2.39. The first-order valence-electron chi connectivity index (χ1n) is 11.6. The summed E-state index contributed by atoms with van der Waals surface area (Å²) in [5.74, 6) is -0.690. The molecule has 2 fully saturated rings. The predicted molar refractivity (Wildman–Crippen MR) is 122 cm³/mol. The summed E-state index contributed by atoms with van der Waals surface area (Å²) in [6, 6.07) is 9.01. The normalized spacial score (nSPS) is 22.5. The van der Waals surface area contributed by atoms with E-state index < -0.39 is 0 Å². The van der Waals surface area contributed by atoms with Crippen LogP contribution < -0.4 is 10.2 Å². The zero-order valence-electron chi connectivity index (χ0n) is 18.5. The fourth-order valence-electron chi connectivity index (χ4n) is 4.97. The van der Waals surface area contributed by atoms with Crippen molar-refractivity contribution in [3.8, 4) is 0 Å². The number of nitrogens with zero attached hydrogens (tertiary/aromatic N) is 3. The maximum Gasteiger partial charge on any atom is 0.263 e. The molecule has 1 N–H and O–H groups in total. The Kier molecular flexibility index (Phi) is 6.09. The Hall–Kier alpha value is -3.26. The number of fused-ring (bicyclic) bond motifs is 1. The van der Waals surface area contributed by atoms with Crippen LogP contribution in [0.3, 0.4) is 0 Å². The van der Waals surface area contributed by atoms with Crippen LogP contribution in [0.5, 0.6) is 0 Å². The molecule has 3 amide bonds. The number of ether oxygens (including phenoxy) is 1. The molecule has 2 atom stereocenters. The van der Waals surface area contributed by atoms with Crippen LogP contribution in [0.15, 0.2) is 42.7 Å². The van der Waals surface area contributed by atoms with Gasteiger partial charge in [0.05, 0.1) is 35.4 Å². The number of aromatic nitrogens is 1. The van der Waals surface area contributed by atoms with Gasteiger partial charge in [0.25, 0.3) is 11.8 Å². The van der Waals surface area contributed by atoms with Crippen LogP contribution in [-0.4, -0.2) is 60.0 Å². The molecule has 8 heteroatoms. The van der Waals surface area contributed by atoms with Gasteiger partial charge in [-0.3, -0.25) is 24.3 Å². The summed E-state index contributed by atoms with van der Waals surface area (Å²) in [4.78, 5) is 46.5. The molecule has 0 aliphatic carbocycles. The molecule has 2 saturated heterocycles. The second-order valence-electron chi connectivity index (χ2n) is 8.92. The summed E-state index contributed by atoms with van der Waals surface area (Å²) >= 11 is 0. The van der Waals surface area contributed by atoms with Gasteiger partial charge in [0.1, 0.15) is 0 Å². The number of piperidine rings is 1. The van der Waals surface area contributed by atoms with Crippen molar-refractivity contribution in [2.45, 2.75) is 38.3 Å². The third kappa shape index (κ3) is 4.35. The smallest absolute Gasteiger partial charge is 0.263 e. The van der Waals surface area contributed by atoms with E-state index >= 15 is 0 Å². The molecule has 0 radical (unpaired) electrons. The van der Waals surface area contributed by atoms with Crippen molar-refractivity contribution in [3.63, 3.8) is 0 Å². The highest BCUT2D eigenvalue weighted by Crippen LogP contribution is 2.34. The Morgan fingerprint density at radius 1 is 1.09 bits per heavy atom. The predicted octanol–water partition coefficient (Wildman–Crippen LogP) is 2.39. The lowest BCUT2D eigenvalue weighted by Gasteiger charge is -2.34. The number of hydrogen-bond donors (Lipinski definition) is 1. The van der Waals surface area contributed by atoms with Crippen molar-refractivity contribution >= 4 is 23.4 Å². The number of carbonyl (C=O) groups is 3. The molecule has 0 unspecified atom stereocenters. The number of pyridine rings is 1. The number of hydrogen-bond acceptors (Lipinski definition) is 6. The molecule has 1 aromatic heterocycles.